The first-order valence-corrected chi connectivity index (χ1v) is 7.85. The smallest absolute Gasteiger partial charge is 0.410 e. The molecule has 2 N–H and O–H groups in total. The summed E-state index contributed by atoms with van der Waals surface area (Å²) >= 11 is 0. The summed E-state index contributed by atoms with van der Waals surface area (Å²) in [6.45, 7) is 5.21. The molecular formula is C16H23FN3O3+. The van der Waals surface area contributed by atoms with Gasteiger partial charge in [-0.15, -0.1) is 0 Å². The second kappa shape index (κ2) is 8.47. The predicted octanol–water partition coefficient (Wildman–Crippen LogP) is -0.201. The lowest BCUT2D eigenvalue weighted by atomic mass is 10.2. The topological polar surface area (TPSA) is 63.1 Å². The number of ether oxygens (including phenoxy) is 1. The summed E-state index contributed by atoms with van der Waals surface area (Å²) in [5.74, 6) is -0.434. The third kappa shape index (κ3) is 5.21. The van der Waals surface area contributed by atoms with E-state index in [9.17, 15) is 14.0 Å². The predicted molar refractivity (Wildman–Crippen MR) is 82.4 cm³/mol. The molecule has 0 radical (unpaired) electrons. The summed E-state index contributed by atoms with van der Waals surface area (Å²) in [5.41, 5.74) is 0.475. The van der Waals surface area contributed by atoms with Gasteiger partial charge in [-0.2, -0.15) is 0 Å². The molecule has 0 atom stereocenters. The van der Waals surface area contributed by atoms with Crippen LogP contribution in [0.5, 0.6) is 0 Å². The minimum Gasteiger partial charge on any atom is -0.450 e. The van der Waals surface area contributed by atoms with Gasteiger partial charge in [-0.3, -0.25) is 9.69 Å². The standard InChI is InChI=1S/C16H22FN3O3/c1-2-23-16(22)20-9-7-19(8-10-20)12-15(21)18-11-13-5-3-4-6-14(13)17/h3-6H,2,7-12H2,1H3,(H,18,21)/p+1. The molecule has 2 amide bonds. The van der Waals surface area contributed by atoms with Gasteiger partial charge in [0.05, 0.1) is 32.8 Å². The molecule has 1 saturated heterocycles. The van der Waals surface area contributed by atoms with Crippen molar-refractivity contribution in [3.05, 3.63) is 35.6 Å². The lowest BCUT2D eigenvalue weighted by Gasteiger charge is -2.31. The Morgan fingerprint density at radius 2 is 2.00 bits per heavy atom. The van der Waals surface area contributed by atoms with Crippen molar-refractivity contribution in [2.75, 3.05) is 39.3 Å². The van der Waals surface area contributed by atoms with E-state index in [1.165, 1.54) is 6.07 Å². The van der Waals surface area contributed by atoms with E-state index < -0.39 is 0 Å². The fourth-order valence-corrected chi connectivity index (χ4v) is 2.52. The Labute approximate surface area is 135 Å². The fourth-order valence-electron chi connectivity index (χ4n) is 2.52. The van der Waals surface area contributed by atoms with E-state index in [2.05, 4.69) is 5.32 Å². The zero-order valence-corrected chi connectivity index (χ0v) is 13.3. The molecular weight excluding hydrogens is 301 g/mol. The first-order chi connectivity index (χ1) is 11.1. The maximum atomic E-state index is 13.5. The average molecular weight is 324 g/mol. The van der Waals surface area contributed by atoms with Gasteiger partial charge < -0.3 is 15.0 Å². The molecule has 126 valence electrons. The highest BCUT2D eigenvalue weighted by molar-refractivity contribution is 5.76. The normalized spacial score (nSPS) is 15.3. The second-order valence-electron chi connectivity index (χ2n) is 5.48. The number of nitrogens with zero attached hydrogens (tertiary/aromatic N) is 1. The number of hydrogen-bond donors (Lipinski definition) is 2. The van der Waals surface area contributed by atoms with Crippen LogP contribution in [0.1, 0.15) is 12.5 Å². The van der Waals surface area contributed by atoms with Crippen molar-refractivity contribution in [1.82, 2.24) is 10.2 Å². The molecule has 0 aromatic heterocycles. The van der Waals surface area contributed by atoms with Crippen LogP contribution in [0, 0.1) is 5.82 Å². The van der Waals surface area contributed by atoms with Gasteiger partial charge in [0.15, 0.2) is 6.54 Å². The Kier molecular flexibility index (Phi) is 6.34. The van der Waals surface area contributed by atoms with E-state index in [1.807, 2.05) is 0 Å². The molecule has 0 saturated carbocycles. The molecule has 1 aromatic carbocycles. The molecule has 2 rings (SSSR count). The third-order valence-corrected chi connectivity index (χ3v) is 3.84. The van der Waals surface area contributed by atoms with Crippen LogP contribution < -0.4 is 10.2 Å². The molecule has 6 nitrogen and oxygen atoms in total. The number of carbonyl (C=O) groups is 2. The van der Waals surface area contributed by atoms with E-state index in [1.54, 1.807) is 30.0 Å². The number of nitrogens with one attached hydrogen (secondary N) is 2. The minimum atomic E-state index is -0.316. The number of halogens is 1. The molecule has 1 fully saturated rings. The van der Waals surface area contributed by atoms with Gasteiger partial charge in [-0.1, -0.05) is 18.2 Å². The molecule has 0 aliphatic carbocycles. The lowest BCUT2D eigenvalue weighted by molar-refractivity contribution is -0.896. The number of benzene rings is 1. The number of piperazine rings is 1. The highest BCUT2D eigenvalue weighted by Gasteiger charge is 2.25. The van der Waals surface area contributed by atoms with E-state index >= 15 is 0 Å². The van der Waals surface area contributed by atoms with Crippen molar-refractivity contribution in [1.29, 1.82) is 0 Å². The number of amides is 2. The lowest BCUT2D eigenvalue weighted by Crippen LogP contribution is -3.15. The molecule has 1 aromatic rings. The van der Waals surface area contributed by atoms with Crippen LogP contribution >= 0.6 is 0 Å². The zero-order valence-electron chi connectivity index (χ0n) is 13.3. The van der Waals surface area contributed by atoms with Gasteiger partial charge in [0, 0.05) is 12.1 Å². The number of quaternary nitrogens is 1. The Morgan fingerprint density at radius 3 is 2.65 bits per heavy atom. The largest absolute Gasteiger partial charge is 0.450 e. The molecule has 0 bridgehead atoms. The molecule has 1 aliphatic rings. The van der Waals surface area contributed by atoms with Crippen LogP contribution in [0.4, 0.5) is 9.18 Å². The highest BCUT2D eigenvalue weighted by Crippen LogP contribution is 2.05. The highest BCUT2D eigenvalue weighted by atomic mass is 19.1. The fraction of sp³-hybridized carbons (Fsp3) is 0.500. The SMILES string of the molecule is CCOC(=O)N1CC[NH+](CC(=O)NCc2ccccc2F)CC1. The van der Waals surface area contributed by atoms with Gasteiger partial charge >= 0.3 is 6.09 Å². The minimum absolute atomic E-state index is 0.118. The molecule has 1 aliphatic heterocycles. The van der Waals surface area contributed by atoms with E-state index in [-0.39, 0.29) is 24.4 Å². The monoisotopic (exact) mass is 324 g/mol. The van der Waals surface area contributed by atoms with Crippen molar-refractivity contribution in [3.8, 4) is 0 Å². The number of hydrogen-bond acceptors (Lipinski definition) is 3. The van der Waals surface area contributed by atoms with Gasteiger partial charge in [-0.05, 0) is 13.0 Å². The molecule has 0 spiro atoms. The van der Waals surface area contributed by atoms with Crippen LogP contribution in [0.25, 0.3) is 0 Å². The van der Waals surface area contributed by atoms with Gasteiger partial charge in [0.1, 0.15) is 5.82 Å². The Hall–Kier alpha value is -2.15. The summed E-state index contributed by atoms with van der Waals surface area (Å²) in [6.07, 6.45) is -0.296. The summed E-state index contributed by atoms with van der Waals surface area (Å²) in [7, 11) is 0. The van der Waals surface area contributed by atoms with Crippen molar-refractivity contribution in [2.45, 2.75) is 13.5 Å². The second-order valence-corrected chi connectivity index (χ2v) is 5.48. The third-order valence-electron chi connectivity index (χ3n) is 3.84. The molecule has 23 heavy (non-hydrogen) atoms. The summed E-state index contributed by atoms with van der Waals surface area (Å²) in [5, 5.41) is 2.74. The van der Waals surface area contributed by atoms with E-state index in [4.69, 9.17) is 4.74 Å². The molecule has 7 heteroatoms. The Bertz CT molecular complexity index is 545. The summed E-state index contributed by atoms with van der Waals surface area (Å²) in [6, 6.07) is 6.39. The first kappa shape index (κ1) is 17.2. The van der Waals surface area contributed by atoms with Crippen LogP contribution in [0.2, 0.25) is 0 Å². The van der Waals surface area contributed by atoms with Crippen molar-refractivity contribution < 1.29 is 23.6 Å². The Balaban J connectivity index is 1.71. The van der Waals surface area contributed by atoms with Gasteiger partial charge in [0.2, 0.25) is 0 Å². The number of carbonyl (C=O) groups excluding carboxylic acids is 2. The van der Waals surface area contributed by atoms with Gasteiger partial charge in [0.25, 0.3) is 5.91 Å². The van der Waals surface area contributed by atoms with E-state index in [0.717, 1.165) is 4.90 Å². The van der Waals surface area contributed by atoms with Gasteiger partial charge in [-0.25, -0.2) is 9.18 Å². The molecule has 0 unspecified atom stereocenters. The quantitative estimate of drug-likeness (QED) is 0.788. The molecule has 1 heterocycles. The van der Waals surface area contributed by atoms with E-state index in [0.29, 0.717) is 44.9 Å². The maximum absolute atomic E-state index is 13.5. The Morgan fingerprint density at radius 1 is 1.30 bits per heavy atom. The van der Waals surface area contributed by atoms with Crippen LogP contribution in [0.3, 0.4) is 0 Å². The number of rotatable bonds is 5. The first-order valence-electron chi connectivity index (χ1n) is 7.85. The van der Waals surface area contributed by atoms with Crippen LogP contribution in [-0.2, 0) is 16.1 Å². The van der Waals surface area contributed by atoms with Crippen LogP contribution in [-0.4, -0.2) is 56.2 Å². The maximum Gasteiger partial charge on any atom is 0.410 e. The van der Waals surface area contributed by atoms with Crippen molar-refractivity contribution in [2.24, 2.45) is 0 Å². The summed E-state index contributed by atoms with van der Waals surface area (Å²) < 4.78 is 18.4. The zero-order chi connectivity index (χ0) is 16.7. The van der Waals surface area contributed by atoms with Crippen molar-refractivity contribution in [3.63, 3.8) is 0 Å². The summed E-state index contributed by atoms with van der Waals surface area (Å²) in [4.78, 5) is 26.3. The van der Waals surface area contributed by atoms with Crippen molar-refractivity contribution >= 4 is 12.0 Å². The average Bonchev–Trinajstić information content (AvgIpc) is 2.55. The van der Waals surface area contributed by atoms with Crippen LogP contribution in [0.15, 0.2) is 24.3 Å².